The fraction of sp³-hybridized carbons (Fsp3) is 0.381. The Labute approximate surface area is 171 Å². The van der Waals surface area contributed by atoms with Crippen molar-refractivity contribution in [2.75, 3.05) is 39.6 Å². The molecule has 6 nitrogen and oxygen atoms in total. The molecule has 9 heteroatoms. The van der Waals surface area contributed by atoms with Crippen LogP contribution >= 0.6 is 0 Å². The Morgan fingerprint density at radius 2 is 1.93 bits per heavy atom. The van der Waals surface area contributed by atoms with Crippen molar-refractivity contribution in [3.8, 4) is 28.6 Å². The molecule has 160 valence electrons. The molecule has 0 aliphatic carbocycles. The predicted octanol–water partition coefficient (Wildman–Crippen LogP) is 3.89. The van der Waals surface area contributed by atoms with Crippen LogP contribution in [-0.2, 0) is 9.47 Å². The molecule has 1 saturated heterocycles. The molecule has 0 spiro atoms. The molecule has 30 heavy (non-hydrogen) atoms. The first kappa shape index (κ1) is 20.5. The molecule has 3 heterocycles. The van der Waals surface area contributed by atoms with Gasteiger partial charge in [0, 0.05) is 17.2 Å². The predicted molar refractivity (Wildman–Crippen MR) is 102 cm³/mol. The molecule has 2 aliphatic rings. The number of ether oxygens (including phenoxy) is 5. The van der Waals surface area contributed by atoms with Gasteiger partial charge in [-0.25, -0.2) is 4.98 Å². The first-order valence-corrected chi connectivity index (χ1v) is 9.44. The Hall–Kier alpha value is -2.78. The van der Waals surface area contributed by atoms with E-state index in [1.54, 1.807) is 18.2 Å². The third-order valence-corrected chi connectivity index (χ3v) is 4.43. The van der Waals surface area contributed by atoms with Crippen LogP contribution in [0.1, 0.15) is 5.56 Å². The topological polar surface area (TPSA) is 59.0 Å². The molecular weight excluding hydrogens is 403 g/mol. The van der Waals surface area contributed by atoms with E-state index in [1.165, 1.54) is 12.1 Å². The van der Waals surface area contributed by atoms with Gasteiger partial charge >= 0.3 is 6.18 Å². The highest BCUT2D eigenvalue weighted by Gasteiger charge is 2.28. The SMILES string of the molecule is FC(F)(F)COc1ccc(-c2nc(OCC3COCCO3)cc3c2OCC=C3)cc1. The van der Waals surface area contributed by atoms with E-state index in [-0.39, 0.29) is 11.9 Å². The number of rotatable bonds is 6. The summed E-state index contributed by atoms with van der Waals surface area (Å²) in [5, 5.41) is 0. The molecule has 0 bridgehead atoms. The average Bonchev–Trinajstić information content (AvgIpc) is 2.76. The molecule has 2 aliphatic heterocycles. The number of aromatic nitrogens is 1. The molecule has 4 rings (SSSR count). The molecular formula is C21H20F3NO5. The zero-order valence-corrected chi connectivity index (χ0v) is 16.0. The van der Waals surface area contributed by atoms with E-state index in [2.05, 4.69) is 4.98 Å². The second-order valence-corrected chi connectivity index (χ2v) is 6.75. The summed E-state index contributed by atoms with van der Waals surface area (Å²) in [5.41, 5.74) is 2.01. The Morgan fingerprint density at radius 1 is 1.10 bits per heavy atom. The summed E-state index contributed by atoms with van der Waals surface area (Å²) in [6, 6.07) is 7.98. The zero-order chi connectivity index (χ0) is 21.0. The number of fused-ring (bicyclic) bond motifs is 1. The third-order valence-electron chi connectivity index (χ3n) is 4.43. The van der Waals surface area contributed by atoms with E-state index in [1.807, 2.05) is 12.2 Å². The van der Waals surface area contributed by atoms with Crippen molar-refractivity contribution < 1.29 is 36.9 Å². The molecule has 0 radical (unpaired) electrons. The number of hydrogen-bond acceptors (Lipinski definition) is 6. The van der Waals surface area contributed by atoms with E-state index in [0.717, 1.165) is 5.56 Å². The van der Waals surface area contributed by atoms with Gasteiger partial charge in [0.15, 0.2) is 12.4 Å². The van der Waals surface area contributed by atoms with E-state index < -0.39 is 12.8 Å². The number of nitrogens with zero attached hydrogens (tertiary/aromatic N) is 1. The molecule has 0 N–H and O–H groups in total. The van der Waals surface area contributed by atoms with Crippen molar-refractivity contribution in [3.05, 3.63) is 42.0 Å². The van der Waals surface area contributed by atoms with Crippen molar-refractivity contribution in [3.63, 3.8) is 0 Å². The maximum absolute atomic E-state index is 12.3. The van der Waals surface area contributed by atoms with Gasteiger partial charge in [-0.15, -0.1) is 0 Å². The maximum Gasteiger partial charge on any atom is 0.422 e. The molecule has 0 amide bonds. The summed E-state index contributed by atoms with van der Waals surface area (Å²) in [5.74, 6) is 1.10. The van der Waals surface area contributed by atoms with Crippen LogP contribution in [0.15, 0.2) is 36.4 Å². The van der Waals surface area contributed by atoms with E-state index in [0.29, 0.717) is 55.9 Å². The molecule has 2 aromatic rings. The van der Waals surface area contributed by atoms with Gasteiger partial charge < -0.3 is 23.7 Å². The molecule has 1 aromatic heterocycles. The zero-order valence-electron chi connectivity index (χ0n) is 16.0. The van der Waals surface area contributed by atoms with Gasteiger partial charge in [0.2, 0.25) is 5.88 Å². The molecule has 1 aromatic carbocycles. The van der Waals surface area contributed by atoms with Crippen LogP contribution < -0.4 is 14.2 Å². The first-order valence-electron chi connectivity index (χ1n) is 9.44. The number of alkyl halides is 3. The highest BCUT2D eigenvalue weighted by Crippen LogP contribution is 2.37. The summed E-state index contributed by atoms with van der Waals surface area (Å²) in [4.78, 5) is 4.56. The Morgan fingerprint density at radius 3 is 2.67 bits per heavy atom. The highest BCUT2D eigenvalue weighted by molar-refractivity contribution is 5.75. The van der Waals surface area contributed by atoms with Gasteiger partial charge in [-0.1, -0.05) is 6.08 Å². The van der Waals surface area contributed by atoms with Crippen LogP contribution in [0.2, 0.25) is 0 Å². The standard InChI is InChI=1S/C21H20F3NO5/c22-21(23,24)13-30-16-5-3-14(4-6-16)19-20-15(2-1-7-28-20)10-18(25-19)29-12-17-11-26-8-9-27-17/h1-6,10,17H,7-9,11-13H2. The van der Waals surface area contributed by atoms with Crippen LogP contribution in [-0.4, -0.2) is 56.9 Å². The van der Waals surface area contributed by atoms with Crippen molar-refractivity contribution in [1.82, 2.24) is 4.98 Å². The molecule has 1 fully saturated rings. The highest BCUT2D eigenvalue weighted by atomic mass is 19.4. The number of pyridine rings is 1. The molecule has 0 saturated carbocycles. The molecule has 1 unspecified atom stereocenters. The first-order chi connectivity index (χ1) is 14.5. The van der Waals surface area contributed by atoms with Crippen molar-refractivity contribution in [2.45, 2.75) is 12.3 Å². The van der Waals surface area contributed by atoms with Gasteiger partial charge in [-0.05, 0) is 30.3 Å². The minimum absolute atomic E-state index is 0.118. The lowest BCUT2D eigenvalue weighted by molar-refractivity contribution is -0.153. The number of benzene rings is 1. The maximum atomic E-state index is 12.3. The lowest BCUT2D eigenvalue weighted by Crippen LogP contribution is -2.33. The quantitative estimate of drug-likeness (QED) is 0.703. The van der Waals surface area contributed by atoms with Crippen LogP contribution in [0.3, 0.4) is 0 Å². The fourth-order valence-electron chi connectivity index (χ4n) is 3.07. The Balaban J connectivity index is 1.54. The van der Waals surface area contributed by atoms with Crippen LogP contribution in [0.5, 0.6) is 17.4 Å². The van der Waals surface area contributed by atoms with Crippen molar-refractivity contribution in [1.29, 1.82) is 0 Å². The summed E-state index contributed by atoms with van der Waals surface area (Å²) < 4.78 is 64.3. The smallest absolute Gasteiger partial charge is 0.422 e. The monoisotopic (exact) mass is 423 g/mol. The van der Waals surface area contributed by atoms with Gasteiger partial charge in [-0.3, -0.25) is 0 Å². The Kier molecular flexibility index (Phi) is 6.10. The minimum atomic E-state index is -4.39. The summed E-state index contributed by atoms with van der Waals surface area (Å²) in [7, 11) is 0. The average molecular weight is 423 g/mol. The fourth-order valence-corrected chi connectivity index (χ4v) is 3.07. The van der Waals surface area contributed by atoms with Gasteiger partial charge in [-0.2, -0.15) is 13.2 Å². The summed E-state index contributed by atoms with van der Waals surface area (Å²) in [6.07, 6.45) is -0.769. The van der Waals surface area contributed by atoms with Gasteiger partial charge in [0.25, 0.3) is 0 Å². The molecule has 1 atom stereocenters. The van der Waals surface area contributed by atoms with Crippen LogP contribution in [0.4, 0.5) is 13.2 Å². The van der Waals surface area contributed by atoms with E-state index in [9.17, 15) is 13.2 Å². The number of hydrogen-bond donors (Lipinski definition) is 0. The van der Waals surface area contributed by atoms with E-state index >= 15 is 0 Å². The number of halogens is 3. The van der Waals surface area contributed by atoms with Crippen molar-refractivity contribution >= 4 is 6.08 Å². The largest absolute Gasteiger partial charge is 0.487 e. The second kappa shape index (κ2) is 8.93. The summed E-state index contributed by atoms with van der Waals surface area (Å²) in [6.45, 7) is 0.908. The summed E-state index contributed by atoms with van der Waals surface area (Å²) >= 11 is 0. The Bertz CT molecular complexity index is 893. The van der Waals surface area contributed by atoms with E-state index in [4.69, 9.17) is 23.7 Å². The second-order valence-electron chi connectivity index (χ2n) is 6.75. The lowest BCUT2D eigenvalue weighted by Gasteiger charge is -2.23. The third kappa shape index (κ3) is 5.22. The van der Waals surface area contributed by atoms with Gasteiger partial charge in [0.1, 0.15) is 30.8 Å². The normalized spacial score (nSPS) is 18.4. The van der Waals surface area contributed by atoms with Crippen molar-refractivity contribution in [2.24, 2.45) is 0 Å². The van der Waals surface area contributed by atoms with Crippen LogP contribution in [0, 0.1) is 0 Å². The van der Waals surface area contributed by atoms with Gasteiger partial charge in [0.05, 0.1) is 19.8 Å². The minimum Gasteiger partial charge on any atom is -0.487 e. The van der Waals surface area contributed by atoms with Crippen LogP contribution in [0.25, 0.3) is 17.3 Å². The lowest BCUT2D eigenvalue weighted by atomic mass is 10.1.